The molecular weight excluding hydrogens is 412 g/mol. The van der Waals surface area contributed by atoms with Gasteiger partial charge < -0.3 is 10.1 Å². The largest absolute Gasteiger partial charge is 0.392 e. The Kier molecular flexibility index (Phi) is 4.77. The molecule has 1 aliphatic rings. The summed E-state index contributed by atoms with van der Waals surface area (Å²) in [6.45, 7) is 1.99. The smallest absolute Gasteiger partial charge is 0.155 e. The molecule has 33 heavy (non-hydrogen) atoms. The molecule has 5 aromatic rings. The van der Waals surface area contributed by atoms with Crippen molar-refractivity contribution in [3.05, 3.63) is 89.8 Å². The van der Waals surface area contributed by atoms with Gasteiger partial charge in [0.1, 0.15) is 12.2 Å². The molecule has 2 N–H and O–H groups in total. The monoisotopic (exact) mass is 436 g/mol. The fraction of sp³-hybridized carbons (Fsp3) is 0.231. The molecular formula is C26H24N6O. The minimum Gasteiger partial charge on any atom is -0.392 e. The second-order valence-corrected chi connectivity index (χ2v) is 8.67. The van der Waals surface area contributed by atoms with E-state index in [0.717, 1.165) is 59.1 Å². The molecule has 1 aromatic carbocycles. The number of pyridine rings is 2. The maximum absolute atomic E-state index is 10.7. The number of aromatic amines is 1. The van der Waals surface area contributed by atoms with Crippen molar-refractivity contribution in [1.29, 1.82) is 0 Å². The summed E-state index contributed by atoms with van der Waals surface area (Å²) in [7, 11) is 0. The molecule has 2 unspecified atom stereocenters. The van der Waals surface area contributed by atoms with Crippen molar-refractivity contribution in [3.63, 3.8) is 0 Å². The van der Waals surface area contributed by atoms with Crippen molar-refractivity contribution >= 4 is 5.65 Å². The third-order valence-electron chi connectivity index (χ3n) is 6.49. The zero-order valence-corrected chi connectivity index (χ0v) is 18.3. The average molecular weight is 437 g/mol. The molecule has 6 rings (SSSR count). The van der Waals surface area contributed by atoms with Crippen molar-refractivity contribution in [1.82, 2.24) is 29.5 Å². The van der Waals surface area contributed by atoms with Gasteiger partial charge >= 0.3 is 0 Å². The van der Waals surface area contributed by atoms with Crippen molar-refractivity contribution in [2.24, 2.45) is 0 Å². The van der Waals surface area contributed by atoms with Gasteiger partial charge in [-0.15, -0.1) is 0 Å². The molecule has 7 nitrogen and oxygen atoms in total. The predicted octanol–water partition coefficient (Wildman–Crippen LogP) is 4.12. The van der Waals surface area contributed by atoms with Gasteiger partial charge in [0.25, 0.3) is 0 Å². The maximum atomic E-state index is 10.7. The number of nitrogens with one attached hydrogen (secondary N) is 1. The van der Waals surface area contributed by atoms with Gasteiger partial charge in [-0.05, 0) is 55.2 Å². The fourth-order valence-corrected chi connectivity index (χ4v) is 4.87. The number of aryl methyl sites for hydroxylation is 2. The normalized spacial score (nSPS) is 17.5. The van der Waals surface area contributed by atoms with Crippen LogP contribution in [0.25, 0.3) is 28.3 Å². The Morgan fingerprint density at radius 3 is 2.88 bits per heavy atom. The van der Waals surface area contributed by atoms with Gasteiger partial charge in [0.05, 0.1) is 23.2 Å². The summed E-state index contributed by atoms with van der Waals surface area (Å²) >= 11 is 0. The molecule has 0 radical (unpaired) electrons. The lowest BCUT2D eigenvalue weighted by atomic mass is 9.94. The van der Waals surface area contributed by atoms with Crippen LogP contribution in [0.2, 0.25) is 0 Å². The standard InChI is InChI=1S/C26H24N6O/c1-16-5-4-8-21(29-16)26-25(18-9-12-24-27-15-28-32(24)14-18)30-23(31-26)11-10-20-19-7-3-2-6-17(19)13-22(20)33/h2-9,12,14-15,20,22,33H,10-11,13H2,1H3,(H,30,31). The number of hydrogen-bond acceptors (Lipinski definition) is 5. The molecule has 0 amide bonds. The quantitative estimate of drug-likeness (QED) is 0.432. The van der Waals surface area contributed by atoms with E-state index in [4.69, 9.17) is 9.97 Å². The van der Waals surface area contributed by atoms with E-state index in [1.807, 2.05) is 49.5 Å². The number of aliphatic hydroxyl groups excluding tert-OH is 1. The minimum absolute atomic E-state index is 0.127. The molecule has 0 saturated carbocycles. The number of aromatic nitrogens is 6. The Morgan fingerprint density at radius 1 is 1.06 bits per heavy atom. The maximum Gasteiger partial charge on any atom is 0.155 e. The Balaban J connectivity index is 1.36. The van der Waals surface area contributed by atoms with Gasteiger partial charge in [-0.2, -0.15) is 5.10 Å². The summed E-state index contributed by atoms with van der Waals surface area (Å²) in [5, 5.41) is 14.9. The number of fused-ring (bicyclic) bond motifs is 2. The molecule has 1 aliphatic carbocycles. The summed E-state index contributed by atoms with van der Waals surface area (Å²) in [5.41, 5.74) is 7.78. The number of aliphatic hydroxyl groups is 1. The second kappa shape index (κ2) is 7.94. The van der Waals surface area contributed by atoms with E-state index in [9.17, 15) is 5.11 Å². The van der Waals surface area contributed by atoms with Crippen LogP contribution < -0.4 is 0 Å². The first-order chi connectivity index (χ1) is 16.2. The van der Waals surface area contributed by atoms with E-state index in [1.165, 1.54) is 11.1 Å². The summed E-state index contributed by atoms with van der Waals surface area (Å²) < 4.78 is 1.75. The van der Waals surface area contributed by atoms with Gasteiger partial charge in [0.15, 0.2) is 5.65 Å². The van der Waals surface area contributed by atoms with Crippen molar-refractivity contribution in [2.45, 2.75) is 38.2 Å². The number of hydrogen-bond donors (Lipinski definition) is 2. The number of benzene rings is 1. The number of imidazole rings is 1. The van der Waals surface area contributed by atoms with Crippen molar-refractivity contribution < 1.29 is 5.11 Å². The highest BCUT2D eigenvalue weighted by molar-refractivity contribution is 5.77. The summed E-state index contributed by atoms with van der Waals surface area (Å²) in [6, 6.07) is 18.3. The molecule has 4 heterocycles. The van der Waals surface area contributed by atoms with E-state index in [0.29, 0.717) is 0 Å². The zero-order chi connectivity index (χ0) is 22.4. The summed E-state index contributed by atoms with van der Waals surface area (Å²) in [6.07, 6.45) is 5.43. The van der Waals surface area contributed by atoms with Crippen molar-refractivity contribution in [3.8, 4) is 22.6 Å². The van der Waals surface area contributed by atoms with Crippen LogP contribution in [0.4, 0.5) is 0 Å². The third kappa shape index (κ3) is 3.60. The van der Waals surface area contributed by atoms with Crippen LogP contribution in [0.5, 0.6) is 0 Å². The van der Waals surface area contributed by atoms with E-state index in [1.54, 1.807) is 10.8 Å². The van der Waals surface area contributed by atoms with Gasteiger partial charge in [-0.3, -0.25) is 4.98 Å². The Bertz CT molecular complexity index is 1450. The van der Waals surface area contributed by atoms with Crippen LogP contribution >= 0.6 is 0 Å². The Morgan fingerprint density at radius 2 is 1.97 bits per heavy atom. The lowest BCUT2D eigenvalue weighted by molar-refractivity contribution is 0.152. The molecule has 0 bridgehead atoms. The van der Waals surface area contributed by atoms with Crippen LogP contribution in [-0.2, 0) is 12.8 Å². The average Bonchev–Trinajstić information content (AvgIpc) is 3.53. The minimum atomic E-state index is -0.343. The lowest BCUT2D eigenvalue weighted by Gasteiger charge is -2.14. The molecule has 164 valence electrons. The predicted molar refractivity (Wildman–Crippen MR) is 126 cm³/mol. The van der Waals surface area contributed by atoms with Crippen molar-refractivity contribution in [2.75, 3.05) is 0 Å². The molecule has 7 heteroatoms. The molecule has 0 fully saturated rings. The van der Waals surface area contributed by atoms with Gasteiger partial charge in [0.2, 0.25) is 0 Å². The van der Waals surface area contributed by atoms with E-state index >= 15 is 0 Å². The second-order valence-electron chi connectivity index (χ2n) is 8.67. The molecule has 2 atom stereocenters. The summed E-state index contributed by atoms with van der Waals surface area (Å²) in [5.74, 6) is 1.01. The first kappa shape index (κ1) is 19.8. The lowest BCUT2D eigenvalue weighted by Crippen LogP contribution is -2.14. The third-order valence-corrected chi connectivity index (χ3v) is 6.49. The molecule has 0 spiro atoms. The Hall–Kier alpha value is -3.84. The van der Waals surface area contributed by atoms with Gasteiger partial charge in [-0.25, -0.2) is 14.5 Å². The van der Waals surface area contributed by atoms with E-state index in [2.05, 4.69) is 33.3 Å². The van der Waals surface area contributed by atoms with E-state index in [-0.39, 0.29) is 12.0 Å². The summed E-state index contributed by atoms with van der Waals surface area (Å²) in [4.78, 5) is 17.5. The van der Waals surface area contributed by atoms with Gasteiger partial charge in [0, 0.05) is 29.8 Å². The molecule has 0 aliphatic heterocycles. The SMILES string of the molecule is Cc1cccc(-c2[nH]c(CCC3c4ccccc4CC3O)nc2-c2ccc3ncnn3c2)n1. The van der Waals surface area contributed by atoms with Crippen LogP contribution in [0, 0.1) is 6.92 Å². The van der Waals surface area contributed by atoms with Crippen LogP contribution in [0.15, 0.2) is 67.1 Å². The first-order valence-corrected chi connectivity index (χ1v) is 11.2. The highest BCUT2D eigenvalue weighted by Gasteiger charge is 2.30. The number of rotatable bonds is 5. The highest BCUT2D eigenvalue weighted by atomic mass is 16.3. The zero-order valence-electron chi connectivity index (χ0n) is 18.3. The van der Waals surface area contributed by atoms with Crippen LogP contribution in [0.3, 0.4) is 0 Å². The highest BCUT2D eigenvalue weighted by Crippen LogP contribution is 2.37. The molecule has 4 aromatic heterocycles. The first-order valence-electron chi connectivity index (χ1n) is 11.2. The number of H-pyrrole nitrogens is 1. The Labute approximate surface area is 191 Å². The fourth-order valence-electron chi connectivity index (χ4n) is 4.87. The van der Waals surface area contributed by atoms with Crippen LogP contribution in [-0.4, -0.2) is 40.8 Å². The topological polar surface area (TPSA) is 92.0 Å². The van der Waals surface area contributed by atoms with E-state index < -0.39 is 0 Å². The van der Waals surface area contributed by atoms with Crippen LogP contribution in [0.1, 0.15) is 35.0 Å². The van der Waals surface area contributed by atoms with Gasteiger partial charge in [-0.1, -0.05) is 30.3 Å². The molecule has 0 saturated heterocycles. The number of nitrogens with zero attached hydrogens (tertiary/aromatic N) is 5.